The molecule has 1 aliphatic rings. The van der Waals surface area contributed by atoms with Gasteiger partial charge in [0.05, 0.1) is 0 Å². The van der Waals surface area contributed by atoms with Crippen molar-refractivity contribution in [2.75, 3.05) is 20.1 Å². The monoisotopic (exact) mass is 216 g/mol. The van der Waals surface area contributed by atoms with E-state index in [4.69, 9.17) is 0 Å². The molecule has 0 saturated carbocycles. The van der Waals surface area contributed by atoms with Gasteiger partial charge in [-0.2, -0.15) is 0 Å². The Labute approximate surface area is 98.0 Å². The second-order valence-electron chi connectivity index (χ2n) is 4.35. The van der Waals surface area contributed by atoms with E-state index in [0.717, 1.165) is 19.6 Å². The van der Waals surface area contributed by atoms with E-state index >= 15 is 0 Å². The molecule has 1 heterocycles. The van der Waals surface area contributed by atoms with E-state index in [1.807, 2.05) is 7.05 Å². The molecule has 1 aromatic rings. The largest absolute Gasteiger partial charge is 0.316 e. The lowest BCUT2D eigenvalue weighted by atomic mass is 10.1. The van der Waals surface area contributed by atoms with Crippen molar-refractivity contribution < 1.29 is 0 Å². The Morgan fingerprint density at radius 1 is 1.25 bits per heavy atom. The van der Waals surface area contributed by atoms with Gasteiger partial charge in [-0.05, 0) is 24.6 Å². The highest BCUT2D eigenvalue weighted by molar-refractivity contribution is 5.23. The predicted molar refractivity (Wildman–Crippen MR) is 68.2 cm³/mol. The zero-order valence-corrected chi connectivity index (χ0v) is 9.95. The average molecular weight is 216 g/mol. The molecule has 1 N–H and O–H groups in total. The van der Waals surface area contributed by atoms with E-state index in [1.54, 1.807) is 0 Å². The summed E-state index contributed by atoms with van der Waals surface area (Å²) in [6.45, 7) is 4.30. The van der Waals surface area contributed by atoms with Crippen LogP contribution < -0.4 is 5.32 Å². The Morgan fingerprint density at radius 2 is 2.12 bits per heavy atom. The molecule has 0 spiro atoms. The summed E-state index contributed by atoms with van der Waals surface area (Å²) in [6.07, 6.45) is 5.73. The van der Waals surface area contributed by atoms with E-state index < -0.39 is 0 Å². The first-order valence-electron chi connectivity index (χ1n) is 5.98. The molecule has 0 fully saturated rings. The minimum absolute atomic E-state index is 0.952. The van der Waals surface area contributed by atoms with Gasteiger partial charge in [0.15, 0.2) is 0 Å². The Bertz CT molecular complexity index is 358. The standard InChI is InChI=1S/C14H20N2/c1-15-11-13-6-5-7-14(10-13)12-16-8-3-2-4-9-16/h2-3,5-7,10,15H,4,8-9,11-12H2,1H3. The van der Waals surface area contributed by atoms with Crippen molar-refractivity contribution in [3.8, 4) is 0 Å². The van der Waals surface area contributed by atoms with Crippen molar-refractivity contribution in [1.29, 1.82) is 0 Å². The van der Waals surface area contributed by atoms with Crippen LogP contribution in [0.3, 0.4) is 0 Å². The molecule has 2 nitrogen and oxygen atoms in total. The van der Waals surface area contributed by atoms with Crippen molar-refractivity contribution in [2.24, 2.45) is 0 Å². The fraction of sp³-hybridized carbons (Fsp3) is 0.429. The number of nitrogens with one attached hydrogen (secondary N) is 1. The maximum absolute atomic E-state index is 3.19. The number of rotatable bonds is 4. The molecule has 16 heavy (non-hydrogen) atoms. The van der Waals surface area contributed by atoms with Crippen LogP contribution in [0.4, 0.5) is 0 Å². The van der Waals surface area contributed by atoms with Gasteiger partial charge in [0, 0.05) is 26.2 Å². The summed E-state index contributed by atoms with van der Waals surface area (Å²) < 4.78 is 0. The molecule has 1 aromatic carbocycles. The van der Waals surface area contributed by atoms with Crippen LogP contribution in [0.1, 0.15) is 17.5 Å². The molecule has 86 valence electrons. The van der Waals surface area contributed by atoms with Gasteiger partial charge in [-0.15, -0.1) is 0 Å². The molecule has 0 aliphatic carbocycles. The van der Waals surface area contributed by atoms with Crippen LogP contribution in [0.2, 0.25) is 0 Å². The summed E-state index contributed by atoms with van der Waals surface area (Å²) in [5.41, 5.74) is 2.79. The molecule has 0 unspecified atom stereocenters. The molecule has 0 radical (unpaired) electrons. The Morgan fingerprint density at radius 3 is 2.88 bits per heavy atom. The number of hydrogen-bond acceptors (Lipinski definition) is 2. The second-order valence-corrected chi connectivity index (χ2v) is 4.35. The van der Waals surface area contributed by atoms with Gasteiger partial charge in [0.1, 0.15) is 0 Å². The van der Waals surface area contributed by atoms with Crippen LogP contribution in [0.25, 0.3) is 0 Å². The SMILES string of the molecule is CNCc1cccc(CN2CC=CCC2)c1. The lowest BCUT2D eigenvalue weighted by molar-refractivity contribution is 0.290. The van der Waals surface area contributed by atoms with Crippen LogP contribution in [0, 0.1) is 0 Å². The summed E-state index contributed by atoms with van der Waals surface area (Å²) >= 11 is 0. The fourth-order valence-corrected chi connectivity index (χ4v) is 2.13. The molecular formula is C14H20N2. The first-order valence-corrected chi connectivity index (χ1v) is 5.98. The summed E-state index contributed by atoms with van der Waals surface area (Å²) in [5.74, 6) is 0. The average Bonchev–Trinajstić information content (AvgIpc) is 2.31. The molecule has 1 aliphatic heterocycles. The van der Waals surface area contributed by atoms with Crippen molar-refractivity contribution in [2.45, 2.75) is 19.5 Å². The fourth-order valence-electron chi connectivity index (χ4n) is 2.13. The van der Waals surface area contributed by atoms with Crippen LogP contribution in [-0.4, -0.2) is 25.0 Å². The summed E-state index contributed by atoms with van der Waals surface area (Å²) in [4.78, 5) is 2.48. The first kappa shape index (κ1) is 11.4. The maximum atomic E-state index is 3.19. The minimum atomic E-state index is 0.952. The summed E-state index contributed by atoms with van der Waals surface area (Å²) in [6, 6.07) is 8.85. The van der Waals surface area contributed by atoms with E-state index in [0.29, 0.717) is 0 Å². The highest BCUT2D eigenvalue weighted by Gasteiger charge is 2.06. The van der Waals surface area contributed by atoms with Gasteiger partial charge < -0.3 is 5.32 Å². The Balaban J connectivity index is 1.97. The summed E-state index contributed by atoms with van der Waals surface area (Å²) in [7, 11) is 1.99. The van der Waals surface area contributed by atoms with E-state index in [2.05, 4.69) is 46.6 Å². The van der Waals surface area contributed by atoms with Gasteiger partial charge in [-0.25, -0.2) is 0 Å². The van der Waals surface area contributed by atoms with Crippen LogP contribution >= 0.6 is 0 Å². The van der Waals surface area contributed by atoms with Gasteiger partial charge in [-0.3, -0.25) is 4.90 Å². The molecule has 2 heteroatoms. The van der Waals surface area contributed by atoms with Crippen LogP contribution in [0.15, 0.2) is 36.4 Å². The normalized spacial score (nSPS) is 16.6. The van der Waals surface area contributed by atoms with Crippen molar-refractivity contribution in [3.63, 3.8) is 0 Å². The van der Waals surface area contributed by atoms with E-state index in [1.165, 1.54) is 24.1 Å². The van der Waals surface area contributed by atoms with Crippen molar-refractivity contribution >= 4 is 0 Å². The zero-order valence-electron chi connectivity index (χ0n) is 9.95. The van der Waals surface area contributed by atoms with Crippen LogP contribution in [-0.2, 0) is 13.1 Å². The number of benzene rings is 1. The van der Waals surface area contributed by atoms with Crippen LogP contribution in [0.5, 0.6) is 0 Å². The highest BCUT2D eigenvalue weighted by Crippen LogP contribution is 2.10. The number of nitrogens with zero attached hydrogens (tertiary/aromatic N) is 1. The predicted octanol–water partition coefficient (Wildman–Crippen LogP) is 2.17. The lowest BCUT2D eigenvalue weighted by Crippen LogP contribution is -2.26. The van der Waals surface area contributed by atoms with Gasteiger partial charge in [-0.1, -0.05) is 36.4 Å². The zero-order chi connectivity index (χ0) is 11.2. The second kappa shape index (κ2) is 5.83. The number of hydrogen-bond donors (Lipinski definition) is 1. The molecule has 0 aromatic heterocycles. The van der Waals surface area contributed by atoms with E-state index in [-0.39, 0.29) is 0 Å². The third kappa shape index (κ3) is 3.19. The third-order valence-corrected chi connectivity index (χ3v) is 2.92. The topological polar surface area (TPSA) is 15.3 Å². The maximum Gasteiger partial charge on any atom is 0.0237 e. The highest BCUT2D eigenvalue weighted by atomic mass is 15.1. The smallest absolute Gasteiger partial charge is 0.0237 e. The van der Waals surface area contributed by atoms with Crippen molar-refractivity contribution in [3.05, 3.63) is 47.5 Å². The molecule has 0 saturated heterocycles. The van der Waals surface area contributed by atoms with Gasteiger partial charge >= 0.3 is 0 Å². The first-order chi connectivity index (χ1) is 7.88. The quantitative estimate of drug-likeness (QED) is 0.776. The molecular weight excluding hydrogens is 196 g/mol. The summed E-state index contributed by atoms with van der Waals surface area (Å²) in [5, 5.41) is 3.19. The third-order valence-electron chi connectivity index (χ3n) is 2.92. The molecule has 0 atom stereocenters. The molecule has 0 bridgehead atoms. The molecule has 2 rings (SSSR count). The molecule has 0 amide bonds. The lowest BCUT2D eigenvalue weighted by Gasteiger charge is -2.23. The van der Waals surface area contributed by atoms with Gasteiger partial charge in [0.2, 0.25) is 0 Å². The minimum Gasteiger partial charge on any atom is -0.316 e. The Kier molecular flexibility index (Phi) is 4.14. The van der Waals surface area contributed by atoms with E-state index in [9.17, 15) is 0 Å². The van der Waals surface area contributed by atoms with Gasteiger partial charge in [0.25, 0.3) is 0 Å². The Hall–Kier alpha value is -1.12. The van der Waals surface area contributed by atoms with Crippen molar-refractivity contribution in [1.82, 2.24) is 10.2 Å².